The minimum atomic E-state index is -2.01. The molecule has 0 spiro atoms. The number of hydrogen-bond acceptors (Lipinski definition) is 2. The third-order valence-electron chi connectivity index (χ3n) is 6.81. The Hall–Kier alpha value is -0.873. The largest absolute Gasteiger partial charge is 0.408 e. The van der Waals surface area contributed by atoms with Crippen molar-refractivity contribution in [1.29, 1.82) is 0 Å². The van der Waals surface area contributed by atoms with E-state index in [4.69, 9.17) is 16.0 Å². The lowest BCUT2D eigenvalue weighted by molar-refractivity contribution is 0.0605. The monoisotopic (exact) mass is 419 g/mol. The Balaban J connectivity index is 2.62. The van der Waals surface area contributed by atoms with Gasteiger partial charge in [-0.05, 0) is 61.7 Å². The summed E-state index contributed by atoms with van der Waals surface area (Å²) in [6, 6.07) is 8.89. The highest BCUT2D eigenvalue weighted by Gasteiger charge is 2.54. The van der Waals surface area contributed by atoms with Gasteiger partial charge in [-0.2, -0.15) is 0 Å². The van der Waals surface area contributed by atoms with Gasteiger partial charge < -0.3 is 4.43 Å². The van der Waals surface area contributed by atoms with Crippen LogP contribution in [0.4, 0.5) is 0 Å². The summed E-state index contributed by atoms with van der Waals surface area (Å²) in [7, 11) is -2.01. The maximum atomic E-state index is 7.11. The first-order valence-electron chi connectivity index (χ1n) is 10.4. The molecule has 28 heavy (non-hydrogen) atoms. The van der Waals surface area contributed by atoms with Crippen LogP contribution in [-0.4, -0.2) is 31.9 Å². The minimum Gasteiger partial charge on any atom is -0.408 e. The SMILES string of the molecule is C=C/C(=C\C)[C@@H](O[Si](C)(C)C(C)(C)C)[C@@](C)(c1ccc(Cl)cc1)N1C[C@@H]1CC. The topological polar surface area (TPSA) is 12.2 Å². The molecule has 1 unspecified atom stereocenters. The highest BCUT2D eigenvalue weighted by molar-refractivity contribution is 6.74. The maximum Gasteiger partial charge on any atom is 0.193 e. The number of rotatable bonds is 8. The van der Waals surface area contributed by atoms with E-state index >= 15 is 0 Å². The molecule has 1 saturated heterocycles. The average Bonchev–Trinajstić information content (AvgIpc) is 3.41. The lowest BCUT2D eigenvalue weighted by atomic mass is 9.82. The Bertz CT molecular complexity index is 719. The number of halogens is 1. The molecule has 2 nitrogen and oxygen atoms in total. The summed E-state index contributed by atoms with van der Waals surface area (Å²) < 4.78 is 7.11. The van der Waals surface area contributed by atoms with Crippen LogP contribution < -0.4 is 0 Å². The van der Waals surface area contributed by atoms with Gasteiger partial charge in [-0.1, -0.05) is 70.2 Å². The Morgan fingerprint density at radius 3 is 2.25 bits per heavy atom. The van der Waals surface area contributed by atoms with E-state index in [0.29, 0.717) is 6.04 Å². The first-order chi connectivity index (χ1) is 12.9. The van der Waals surface area contributed by atoms with Gasteiger partial charge in [0.05, 0.1) is 11.6 Å². The first-order valence-corrected chi connectivity index (χ1v) is 13.7. The molecule has 0 aromatic heterocycles. The third kappa shape index (κ3) is 4.48. The summed E-state index contributed by atoms with van der Waals surface area (Å²) in [6.07, 6.45) is 5.20. The van der Waals surface area contributed by atoms with Crippen molar-refractivity contribution < 1.29 is 4.43 Å². The zero-order chi connectivity index (χ0) is 21.3. The predicted molar refractivity (Wildman–Crippen MR) is 126 cm³/mol. The third-order valence-corrected chi connectivity index (χ3v) is 11.5. The van der Waals surface area contributed by atoms with Gasteiger partial charge in [0.2, 0.25) is 0 Å². The molecular formula is C24H38ClNOSi. The molecule has 1 heterocycles. The van der Waals surface area contributed by atoms with E-state index in [1.165, 1.54) is 5.56 Å². The van der Waals surface area contributed by atoms with Gasteiger partial charge in [0.1, 0.15) is 0 Å². The summed E-state index contributed by atoms with van der Waals surface area (Å²) in [5, 5.41) is 0.899. The van der Waals surface area contributed by atoms with E-state index in [9.17, 15) is 0 Å². The molecule has 1 fully saturated rings. The highest BCUT2D eigenvalue weighted by atomic mass is 35.5. The second kappa shape index (κ2) is 8.47. The van der Waals surface area contributed by atoms with Crippen LogP contribution in [0.25, 0.3) is 0 Å². The second-order valence-corrected chi connectivity index (χ2v) is 14.8. The van der Waals surface area contributed by atoms with E-state index < -0.39 is 8.32 Å². The molecule has 0 radical (unpaired) electrons. The number of hydrogen-bond donors (Lipinski definition) is 0. The summed E-state index contributed by atoms with van der Waals surface area (Å²) in [5.74, 6) is 0. The molecule has 1 aliphatic heterocycles. The zero-order valence-electron chi connectivity index (χ0n) is 19.0. The van der Waals surface area contributed by atoms with Crippen LogP contribution in [0.1, 0.15) is 53.5 Å². The van der Waals surface area contributed by atoms with Gasteiger partial charge in [-0.3, -0.25) is 4.90 Å². The van der Waals surface area contributed by atoms with Crippen LogP contribution in [0.15, 0.2) is 48.6 Å². The quantitative estimate of drug-likeness (QED) is 0.251. The lowest BCUT2D eigenvalue weighted by Gasteiger charge is -2.47. The van der Waals surface area contributed by atoms with Crippen LogP contribution >= 0.6 is 11.6 Å². The Labute approximate surface area is 178 Å². The Kier molecular flexibility index (Phi) is 7.08. The Morgan fingerprint density at radius 2 is 1.86 bits per heavy atom. The van der Waals surface area contributed by atoms with Crippen molar-refractivity contribution >= 4 is 19.9 Å². The summed E-state index contributed by atoms with van der Waals surface area (Å²) in [4.78, 5) is 2.58. The number of allylic oxidation sites excluding steroid dienone is 1. The van der Waals surface area contributed by atoms with Crippen molar-refractivity contribution in [3.63, 3.8) is 0 Å². The molecule has 0 N–H and O–H groups in total. The molecule has 0 aliphatic carbocycles. The lowest BCUT2D eigenvalue weighted by Crippen LogP contribution is -2.54. The second-order valence-electron chi connectivity index (χ2n) is 9.62. The summed E-state index contributed by atoms with van der Waals surface area (Å²) >= 11 is 6.21. The van der Waals surface area contributed by atoms with Crippen molar-refractivity contribution in [2.45, 2.75) is 83.8 Å². The molecule has 156 valence electrons. The van der Waals surface area contributed by atoms with Crippen molar-refractivity contribution in [3.05, 3.63) is 59.2 Å². The fraction of sp³-hybridized carbons (Fsp3) is 0.583. The van der Waals surface area contributed by atoms with Gasteiger partial charge in [0.15, 0.2) is 8.32 Å². The molecule has 0 bridgehead atoms. The van der Waals surface area contributed by atoms with Gasteiger partial charge in [-0.25, -0.2) is 0 Å². The maximum absolute atomic E-state index is 7.11. The van der Waals surface area contributed by atoms with Gasteiger partial charge in [0, 0.05) is 17.6 Å². The molecule has 0 saturated carbocycles. The average molecular weight is 420 g/mol. The molecular weight excluding hydrogens is 382 g/mol. The Morgan fingerprint density at radius 1 is 1.29 bits per heavy atom. The number of nitrogens with zero attached hydrogens (tertiary/aromatic N) is 1. The normalized spacial score (nSPS) is 23.8. The summed E-state index contributed by atoms with van der Waals surface area (Å²) in [6.45, 7) is 23.4. The molecule has 4 atom stereocenters. The van der Waals surface area contributed by atoms with Gasteiger partial charge in [-0.15, -0.1) is 0 Å². The predicted octanol–water partition coefficient (Wildman–Crippen LogP) is 7.17. The number of benzene rings is 1. The van der Waals surface area contributed by atoms with E-state index in [1.54, 1.807) is 0 Å². The van der Waals surface area contributed by atoms with E-state index in [-0.39, 0.29) is 16.7 Å². The fourth-order valence-corrected chi connectivity index (χ4v) is 5.14. The minimum absolute atomic E-state index is 0.0754. The molecule has 2 rings (SSSR count). The molecule has 1 aliphatic rings. The van der Waals surface area contributed by atoms with Crippen molar-refractivity contribution in [2.24, 2.45) is 0 Å². The van der Waals surface area contributed by atoms with Gasteiger partial charge in [0.25, 0.3) is 0 Å². The van der Waals surface area contributed by atoms with E-state index in [2.05, 4.69) is 84.3 Å². The fourth-order valence-electron chi connectivity index (χ4n) is 3.71. The molecule has 1 aromatic rings. The molecule has 0 amide bonds. The van der Waals surface area contributed by atoms with E-state index in [1.807, 2.05) is 18.2 Å². The summed E-state index contributed by atoms with van der Waals surface area (Å²) in [5.41, 5.74) is 2.14. The zero-order valence-corrected chi connectivity index (χ0v) is 20.7. The van der Waals surface area contributed by atoms with Crippen LogP contribution in [-0.2, 0) is 9.96 Å². The van der Waals surface area contributed by atoms with Crippen LogP contribution in [0.2, 0.25) is 23.2 Å². The van der Waals surface area contributed by atoms with Crippen LogP contribution in [0, 0.1) is 0 Å². The van der Waals surface area contributed by atoms with Crippen LogP contribution in [0.5, 0.6) is 0 Å². The molecule has 1 aromatic carbocycles. The van der Waals surface area contributed by atoms with Gasteiger partial charge >= 0.3 is 0 Å². The van der Waals surface area contributed by atoms with E-state index in [0.717, 1.165) is 23.6 Å². The van der Waals surface area contributed by atoms with Crippen molar-refractivity contribution in [3.8, 4) is 0 Å². The standard InChI is InChI=1S/C24H38ClNOSi/c1-10-18(11-2)22(27-28(8,9)23(4,5)6)24(7,26-17-21(26)12-3)19-13-15-20(25)16-14-19/h10-11,13-16,21-22H,1,12,17H2,2-9H3/b18-11+/t21-,22+,24+,26?/m0/s1. The molecule has 4 heteroatoms. The smallest absolute Gasteiger partial charge is 0.193 e. The highest BCUT2D eigenvalue weighted by Crippen LogP contribution is 2.48. The van der Waals surface area contributed by atoms with Crippen molar-refractivity contribution in [2.75, 3.05) is 6.54 Å². The van der Waals surface area contributed by atoms with Crippen LogP contribution in [0.3, 0.4) is 0 Å². The first kappa shape index (κ1) is 23.4. The van der Waals surface area contributed by atoms with Crippen molar-refractivity contribution in [1.82, 2.24) is 4.90 Å².